The molecule has 0 spiro atoms. The van der Waals surface area contributed by atoms with Crippen molar-refractivity contribution >= 4 is 15.7 Å². The minimum Gasteiger partial charge on any atom is -0.439 e. The molecular weight excluding hydrogens is 328 g/mol. The summed E-state index contributed by atoms with van der Waals surface area (Å²) in [6.45, 7) is 2.12. The Morgan fingerprint density at radius 1 is 1.25 bits per heavy atom. The third-order valence-corrected chi connectivity index (χ3v) is 6.11. The lowest BCUT2D eigenvalue weighted by Gasteiger charge is -2.38. The van der Waals surface area contributed by atoms with Gasteiger partial charge in [0.2, 0.25) is 5.88 Å². The molecule has 3 rings (SSSR count). The Morgan fingerprint density at radius 2 is 2.04 bits per heavy atom. The van der Waals surface area contributed by atoms with E-state index in [0.717, 1.165) is 0 Å². The van der Waals surface area contributed by atoms with Crippen LogP contribution in [0.1, 0.15) is 17.3 Å². The molecule has 24 heavy (non-hydrogen) atoms. The SMILES string of the molecule is CCS(=O)(=O)C1CN(C(=O)c2cccc(Oc3ccccn3)c2)C1. The van der Waals surface area contributed by atoms with Crippen LogP contribution in [0.3, 0.4) is 0 Å². The van der Waals surface area contributed by atoms with Crippen molar-refractivity contribution in [1.29, 1.82) is 0 Å². The smallest absolute Gasteiger partial charge is 0.254 e. The highest BCUT2D eigenvalue weighted by Gasteiger charge is 2.38. The molecule has 7 heteroatoms. The van der Waals surface area contributed by atoms with E-state index in [2.05, 4.69) is 4.98 Å². The summed E-state index contributed by atoms with van der Waals surface area (Å²) < 4.78 is 29.2. The molecule has 1 fully saturated rings. The van der Waals surface area contributed by atoms with Crippen LogP contribution in [0.15, 0.2) is 48.7 Å². The molecular formula is C17H18N2O4S. The summed E-state index contributed by atoms with van der Waals surface area (Å²) in [4.78, 5) is 18.1. The zero-order valence-corrected chi connectivity index (χ0v) is 14.1. The monoisotopic (exact) mass is 346 g/mol. The fourth-order valence-corrected chi connectivity index (χ4v) is 3.76. The zero-order valence-electron chi connectivity index (χ0n) is 13.3. The van der Waals surface area contributed by atoms with Crippen molar-refractivity contribution < 1.29 is 17.9 Å². The van der Waals surface area contributed by atoms with Crippen LogP contribution in [0, 0.1) is 0 Å². The van der Waals surface area contributed by atoms with Gasteiger partial charge < -0.3 is 9.64 Å². The molecule has 1 aliphatic heterocycles. The molecule has 0 saturated carbocycles. The number of nitrogens with zero attached hydrogens (tertiary/aromatic N) is 2. The van der Waals surface area contributed by atoms with E-state index in [9.17, 15) is 13.2 Å². The van der Waals surface area contributed by atoms with Gasteiger partial charge in [0, 0.05) is 36.7 Å². The number of pyridine rings is 1. The van der Waals surface area contributed by atoms with Gasteiger partial charge >= 0.3 is 0 Å². The first kappa shape index (κ1) is 16.4. The maximum Gasteiger partial charge on any atom is 0.254 e. The van der Waals surface area contributed by atoms with Crippen LogP contribution in [0.2, 0.25) is 0 Å². The van der Waals surface area contributed by atoms with Crippen molar-refractivity contribution in [2.45, 2.75) is 12.2 Å². The van der Waals surface area contributed by atoms with Crippen molar-refractivity contribution in [2.24, 2.45) is 0 Å². The Kier molecular flexibility index (Phi) is 4.53. The average Bonchev–Trinajstić information content (AvgIpc) is 2.54. The molecule has 126 valence electrons. The Balaban J connectivity index is 1.68. The summed E-state index contributed by atoms with van der Waals surface area (Å²) in [5, 5.41) is -0.445. The number of hydrogen-bond donors (Lipinski definition) is 0. The standard InChI is InChI=1S/C17H18N2O4S/c1-2-24(21,22)15-11-19(12-15)17(20)13-6-5-7-14(10-13)23-16-8-3-4-9-18-16/h3-10,15H,2,11-12H2,1H3. The Labute approximate surface area is 141 Å². The molecule has 0 atom stereocenters. The van der Waals surface area contributed by atoms with Crippen molar-refractivity contribution in [3.63, 3.8) is 0 Å². The van der Waals surface area contributed by atoms with Gasteiger partial charge in [-0.25, -0.2) is 13.4 Å². The normalized spacial score (nSPS) is 15.0. The number of benzene rings is 1. The summed E-state index contributed by atoms with van der Waals surface area (Å²) in [6.07, 6.45) is 1.62. The molecule has 2 aromatic rings. The molecule has 1 aromatic heterocycles. The Hall–Kier alpha value is -2.41. The minimum atomic E-state index is -3.09. The van der Waals surface area contributed by atoms with Crippen molar-refractivity contribution in [3.8, 4) is 11.6 Å². The lowest BCUT2D eigenvalue weighted by Crippen LogP contribution is -2.57. The first-order chi connectivity index (χ1) is 11.5. The number of hydrogen-bond acceptors (Lipinski definition) is 5. The van der Waals surface area contributed by atoms with Crippen molar-refractivity contribution in [3.05, 3.63) is 54.2 Å². The molecule has 1 amide bonds. The van der Waals surface area contributed by atoms with Crippen LogP contribution < -0.4 is 4.74 Å². The van der Waals surface area contributed by atoms with Crippen LogP contribution in [-0.2, 0) is 9.84 Å². The third-order valence-electron chi connectivity index (χ3n) is 3.99. The number of carbonyl (C=O) groups is 1. The number of carbonyl (C=O) groups excluding carboxylic acids is 1. The lowest BCUT2D eigenvalue weighted by molar-refractivity contribution is 0.0658. The van der Waals surface area contributed by atoms with Gasteiger partial charge in [0.25, 0.3) is 5.91 Å². The number of amides is 1. The van der Waals surface area contributed by atoms with E-state index in [1.807, 2.05) is 6.07 Å². The highest BCUT2D eigenvalue weighted by Crippen LogP contribution is 2.24. The van der Waals surface area contributed by atoms with Crippen molar-refractivity contribution in [2.75, 3.05) is 18.8 Å². The van der Waals surface area contributed by atoms with Gasteiger partial charge in [-0.3, -0.25) is 4.79 Å². The summed E-state index contributed by atoms with van der Waals surface area (Å²) >= 11 is 0. The van der Waals surface area contributed by atoms with Crippen molar-refractivity contribution in [1.82, 2.24) is 9.88 Å². The molecule has 0 bridgehead atoms. The van der Waals surface area contributed by atoms with E-state index < -0.39 is 15.1 Å². The Morgan fingerprint density at radius 3 is 2.71 bits per heavy atom. The third kappa shape index (κ3) is 3.41. The second kappa shape index (κ2) is 6.60. The van der Waals surface area contributed by atoms with E-state index in [0.29, 0.717) is 17.2 Å². The van der Waals surface area contributed by atoms with E-state index >= 15 is 0 Å². The first-order valence-corrected chi connectivity index (χ1v) is 9.41. The second-order valence-corrected chi connectivity index (χ2v) is 8.15. The number of rotatable bonds is 5. The molecule has 1 aromatic carbocycles. The molecule has 0 aliphatic carbocycles. The van der Waals surface area contributed by atoms with Crippen LogP contribution in [0.5, 0.6) is 11.6 Å². The van der Waals surface area contributed by atoms with Gasteiger partial charge in [-0.05, 0) is 24.3 Å². The van der Waals surface area contributed by atoms with Gasteiger partial charge in [0.05, 0.1) is 5.25 Å². The van der Waals surface area contributed by atoms with Crippen LogP contribution in [-0.4, -0.2) is 48.3 Å². The Bertz CT molecular complexity index is 831. The predicted molar refractivity (Wildman–Crippen MR) is 89.9 cm³/mol. The summed E-state index contributed by atoms with van der Waals surface area (Å²) in [5.74, 6) is 0.870. The van der Waals surface area contributed by atoms with Gasteiger partial charge in [-0.15, -0.1) is 0 Å². The molecule has 1 aliphatic rings. The highest BCUT2D eigenvalue weighted by atomic mass is 32.2. The largest absolute Gasteiger partial charge is 0.439 e. The second-order valence-electron chi connectivity index (χ2n) is 5.58. The van der Waals surface area contributed by atoms with Gasteiger partial charge in [0.1, 0.15) is 5.75 Å². The van der Waals surface area contributed by atoms with Gasteiger partial charge in [-0.2, -0.15) is 0 Å². The predicted octanol–water partition coefficient (Wildman–Crippen LogP) is 2.13. The highest BCUT2D eigenvalue weighted by molar-refractivity contribution is 7.92. The fraction of sp³-hybridized carbons (Fsp3) is 0.294. The fourth-order valence-electron chi connectivity index (χ4n) is 2.47. The number of sulfone groups is 1. The molecule has 2 heterocycles. The summed E-state index contributed by atoms with van der Waals surface area (Å²) in [7, 11) is -3.09. The summed E-state index contributed by atoms with van der Waals surface area (Å²) in [6, 6.07) is 12.1. The molecule has 0 N–H and O–H groups in total. The topological polar surface area (TPSA) is 76.6 Å². The molecule has 0 radical (unpaired) electrons. The first-order valence-electron chi connectivity index (χ1n) is 7.69. The minimum absolute atomic E-state index is 0.104. The number of likely N-dealkylation sites (tertiary alicyclic amines) is 1. The molecule has 6 nitrogen and oxygen atoms in total. The van der Waals surface area contributed by atoms with E-state index in [-0.39, 0.29) is 24.7 Å². The van der Waals surface area contributed by atoms with E-state index in [1.54, 1.807) is 49.5 Å². The molecule has 1 saturated heterocycles. The van der Waals surface area contributed by atoms with Crippen LogP contribution in [0.4, 0.5) is 0 Å². The lowest BCUT2D eigenvalue weighted by atomic mass is 10.1. The van der Waals surface area contributed by atoms with Crippen LogP contribution >= 0.6 is 0 Å². The zero-order chi connectivity index (χ0) is 17.2. The van der Waals surface area contributed by atoms with E-state index in [1.165, 1.54) is 4.90 Å². The van der Waals surface area contributed by atoms with Crippen LogP contribution in [0.25, 0.3) is 0 Å². The van der Waals surface area contributed by atoms with Gasteiger partial charge in [0.15, 0.2) is 9.84 Å². The summed E-state index contributed by atoms with van der Waals surface area (Å²) in [5.41, 5.74) is 0.468. The number of ether oxygens (including phenoxy) is 1. The van der Waals surface area contributed by atoms with E-state index in [4.69, 9.17) is 4.74 Å². The quantitative estimate of drug-likeness (QED) is 0.829. The maximum absolute atomic E-state index is 12.5. The average molecular weight is 346 g/mol. The molecule has 0 unspecified atom stereocenters. The maximum atomic E-state index is 12.5. The number of aromatic nitrogens is 1. The van der Waals surface area contributed by atoms with Gasteiger partial charge in [-0.1, -0.05) is 19.1 Å².